The maximum absolute atomic E-state index is 12.6. The zero-order valence-electron chi connectivity index (χ0n) is 15.2. The molecule has 1 atom stereocenters. The molecule has 3 aromatic rings. The number of hydrogen-bond donors (Lipinski definition) is 0. The Morgan fingerprint density at radius 1 is 0.852 bits per heavy atom. The third-order valence-corrected chi connectivity index (χ3v) is 4.05. The molecule has 0 N–H and O–H groups in total. The Bertz CT molecular complexity index is 871. The van der Waals surface area contributed by atoms with Crippen molar-refractivity contribution in [3.8, 4) is 5.75 Å². The van der Waals surface area contributed by atoms with E-state index < -0.39 is 5.92 Å². The second kappa shape index (κ2) is 9.39. The van der Waals surface area contributed by atoms with Gasteiger partial charge in [0.15, 0.2) is 0 Å². The lowest BCUT2D eigenvalue weighted by Crippen LogP contribution is -2.15. The summed E-state index contributed by atoms with van der Waals surface area (Å²) in [7, 11) is 0. The molecule has 0 amide bonds. The van der Waals surface area contributed by atoms with E-state index in [1.807, 2.05) is 104 Å². The van der Waals surface area contributed by atoms with Crippen LogP contribution in [0.3, 0.4) is 0 Å². The van der Waals surface area contributed by atoms with Gasteiger partial charge in [-0.1, -0.05) is 78.9 Å². The topological polar surface area (TPSA) is 35.5 Å². The Morgan fingerprint density at radius 2 is 1.41 bits per heavy atom. The predicted molar refractivity (Wildman–Crippen MR) is 107 cm³/mol. The minimum atomic E-state index is -0.551. The van der Waals surface area contributed by atoms with E-state index >= 15 is 0 Å². The first-order chi connectivity index (χ1) is 13.3. The molecule has 0 spiro atoms. The minimum absolute atomic E-state index is 0.297. The first kappa shape index (κ1) is 18.5. The second-order valence-corrected chi connectivity index (χ2v) is 5.95. The van der Waals surface area contributed by atoms with Crippen LogP contribution in [0.15, 0.2) is 97.1 Å². The zero-order chi connectivity index (χ0) is 18.9. The Hall–Kier alpha value is -3.33. The highest BCUT2D eigenvalue weighted by Gasteiger charge is 2.21. The van der Waals surface area contributed by atoms with E-state index in [2.05, 4.69) is 0 Å². The van der Waals surface area contributed by atoms with Gasteiger partial charge in [0, 0.05) is 5.56 Å². The van der Waals surface area contributed by atoms with E-state index in [0.717, 1.165) is 11.1 Å². The summed E-state index contributed by atoms with van der Waals surface area (Å²) in [5, 5.41) is 0. The number of carbonyl (C=O) groups excluding carboxylic acids is 1. The molecule has 0 fully saturated rings. The molecule has 0 saturated carbocycles. The monoisotopic (exact) mass is 358 g/mol. The second-order valence-electron chi connectivity index (χ2n) is 5.95. The maximum Gasteiger partial charge on any atom is 0.317 e. The Morgan fingerprint density at radius 3 is 2.00 bits per heavy atom. The molecule has 0 radical (unpaired) electrons. The van der Waals surface area contributed by atoms with Crippen molar-refractivity contribution in [1.82, 2.24) is 0 Å². The van der Waals surface area contributed by atoms with Crippen molar-refractivity contribution in [2.24, 2.45) is 0 Å². The zero-order valence-corrected chi connectivity index (χ0v) is 15.2. The molecule has 0 saturated heterocycles. The van der Waals surface area contributed by atoms with Gasteiger partial charge in [0.1, 0.15) is 17.4 Å². The number of esters is 1. The molecule has 0 bridgehead atoms. The van der Waals surface area contributed by atoms with E-state index in [4.69, 9.17) is 9.47 Å². The van der Waals surface area contributed by atoms with Gasteiger partial charge < -0.3 is 9.47 Å². The SMILES string of the molecule is CCOC(=O)C(C=C(Oc1ccccc1)c1ccccc1)c1ccccc1. The van der Waals surface area contributed by atoms with Crippen LogP contribution < -0.4 is 4.74 Å². The fraction of sp³-hybridized carbons (Fsp3) is 0.125. The third-order valence-electron chi connectivity index (χ3n) is 4.05. The van der Waals surface area contributed by atoms with Gasteiger partial charge >= 0.3 is 5.97 Å². The molecule has 136 valence electrons. The van der Waals surface area contributed by atoms with Gasteiger partial charge in [0.2, 0.25) is 0 Å². The highest BCUT2D eigenvalue weighted by Crippen LogP contribution is 2.27. The van der Waals surface area contributed by atoms with Crippen LogP contribution in [0.5, 0.6) is 5.75 Å². The predicted octanol–water partition coefficient (Wildman–Crippen LogP) is 5.45. The number of hydrogen-bond acceptors (Lipinski definition) is 3. The van der Waals surface area contributed by atoms with Crippen molar-refractivity contribution in [2.75, 3.05) is 6.61 Å². The van der Waals surface area contributed by atoms with Gasteiger partial charge in [-0.25, -0.2) is 0 Å². The average molecular weight is 358 g/mol. The van der Waals surface area contributed by atoms with Gasteiger partial charge in [0.25, 0.3) is 0 Å². The fourth-order valence-corrected chi connectivity index (χ4v) is 2.75. The molecule has 0 aliphatic carbocycles. The van der Waals surface area contributed by atoms with Crippen molar-refractivity contribution >= 4 is 11.7 Å². The van der Waals surface area contributed by atoms with Crippen molar-refractivity contribution in [1.29, 1.82) is 0 Å². The molecule has 3 rings (SSSR count). The summed E-state index contributed by atoms with van der Waals surface area (Å²) in [5.74, 6) is 0.478. The summed E-state index contributed by atoms with van der Waals surface area (Å²) in [6.07, 6.45) is 1.83. The van der Waals surface area contributed by atoms with Gasteiger partial charge in [-0.3, -0.25) is 4.79 Å². The van der Waals surface area contributed by atoms with Crippen molar-refractivity contribution in [3.05, 3.63) is 108 Å². The molecule has 1 unspecified atom stereocenters. The number of ether oxygens (including phenoxy) is 2. The van der Waals surface area contributed by atoms with E-state index in [9.17, 15) is 4.79 Å². The standard InChI is InChI=1S/C24H22O3/c1-2-26-24(25)22(19-12-6-3-7-13-19)18-23(20-14-8-4-9-15-20)27-21-16-10-5-11-17-21/h3-18,22H,2H2,1H3. The summed E-state index contributed by atoms with van der Waals surface area (Å²) in [6, 6.07) is 28.9. The number of rotatable bonds is 7. The van der Waals surface area contributed by atoms with Crippen LogP contribution in [0.2, 0.25) is 0 Å². The van der Waals surface area contributed by atoms with Crippen LogP contribution >= 0.6 is 0 Å². The lowest BCUT2D eigenvalue weighted by molar-refractivity contribution is -0.143. The minimum Gasteiger partial charge on any atom is -0.465 e. The Kier molecular flexibility index (Phi) is 6.42. The molecular weight excluding hydrogens is 336 g/mol. The van der Waals surface area contributed by atoms with Gasteiger partial charge in [-0.05, 0) is 30.7 Å². The highest BCUT2D eigenvalue weighted by molar-refractivity contribution is 5.83. The maximum atomic E-state index is 12.6. The van der Waals surface area contributed by atoms with Crippen LogP contribution in [0, 0.1) is 0 Å². The van der Waals surface area contributed by atoms with Crippen molar-refractivity contribution in [2.45, 2.75) is 12.8 Å². The van der Waals surface area contributed by atoms with E-state index in [1.54, 1.807) is 0 Å². The molecule has 3 heteroatoms. The number of carbonyl (C=O) groups is 1. The first-order valence-corrected chi connectivity index (χ1v) is 8.99. The van der Waals surface area contributed by atoms with E-state index in [1.165, 1.54) is 0 Å². The lowest BCUT2D eigenvalue weighted by atomic mass is 9.97. The molecule has 3 nitrogen and oxygen atoms in total. The smallest absolute Gasteiger partial charge is 0.317 e. The largest absolute Gasteiger partial charge is 0.465 e. The van der Waals surface area contributed by atoms with E-state index in [0.29, 0.717) is 18.1 Å². The Balaban J connectivity index is 2.03. The third kappa shape index (κ3) is 5.08. The summed E-state index contributed by atoms with van der Waals surface area (Å²) >= 11 is 0. The number of para-hydroxylation sites is 1. The summed E-state index contributed by atoms with van der Waals surface area (Å²) < 4.78 is 11.4. The number of benzene rings is 3. The average Bonchev–Trinajstić information content (AvgIpc) is 2.73. The van der Waals surface area contributed by atoms with Gasteiger partial charge in [0.05, 0.1) is 6.61 Å². The fourth-order valence-electron chi connectivity index (χ4n) is 2.75. The van der Waals surface area contributed by atoms with Crippen LogP contribution in [0.25, 0.3) is 5.76 Å². The molecule has 0 heterocycles. The van der Waals surface area contributed by atoms with Crippen molar-refractivity contribution < 1.29 is 14.3 Å². The van der Waals surface area contributed by atoms with Crippen LogP contribution in [0.1, 0.15) is 24.0 Å². The molecule has 0 aliphatic heterocycles. The summed E-state index contributed by atoms with van der Waals surface area (Å²) in [5.41, 5.74) is 1.76. The highest BCUT2D eigenvalue weighted by atomic mass is 16.5. The van der Waals surface area contributed by atoms with Gasteiger partial charge in [-0.15, -0.1) is 0 Å². The molecule has 0 aromatic heterocycles. The molecule has 27 heavy (non-hydrogen) atoms. The van der Waals surface area contributed by atoms with Crippen LogP contribution in [-0.2, 0) is 9.53 Å². The summed E-state index contributed by atoms with van der Waals surface area (Å²) in [4.78, 5) is 12.6. The van der Waals surface area contributed by atoms with Crippen molar-refractivity contribution in [3.63, 3.8) is 0 Å². The molecule has 0 aliphatic rings. The lowest BCUT2D eigenvalue weighted by Gasteiger charge is -2.16. The Labute approximate surface area is 159 Å². The van der Waals surface area contributed by atoms with Crippen LogP contribution in [-0.4, -0.2) is 12.6 Å². The normalized spacial score (nSPS) is 12.3. The molecule has 3 aromatic carbocycles. The van der Waals surface area contributed by atoms with E-state index in [-0.39, 0.29) is 5.97 Å². The van der Waals surface area contributed by atoms with Gasteiger partial charge in [-0.2, -0.15) is 0 Å². The summed E-state index contributed by atoms with van der Waals surface area (Å²) in [6.45, 7) is 2.14. The quantitative estimate of drug-likeness (QED) is 0.416. The molecular formula is C24H22O3. The first-order valence-electron chi connectivity index (χ1n) is 8.99. The van der Waals surface area contributed by atoms with Crippen LogP contribution in [0.4, 0.5) is 0 Å².